The van der Waals surface area contributed by atoms with Crippen LogP contribution in [0.4, 0.5) is 5.69 Å². The minimum atomic E-state index is -0.0282. The van der Waals surface area contributed by atoms with Crippen LogP contribution in [-0.2, 0) is 4.79 Å². The van der Waals surface area contributed by atoms with E-state index in [1.165, 1.54) is 5.06 Å². The van der Waals surface area contributed by atoms with Crippen molar-refractivity contribution in [3.8, 4) is 0 Å². The third-order valence-corrected chi connectivity index (χ3v) is 7.16. The van der Waals surface area contributed by atoms with Crippen molar-refractivity contribution in [1.29, 1.82) is 0 Å². The molecule has 0 spiro atoms. The van der Waals surface area contributed by atoms with E-state index in [0.717, 1.165) is 38.7 Å². The molecule has 7 nitrogen and oxygen atoms in total. The van der Waals surface area contributed by atoms with Gasteiger partial charge >= 0.3 is 0 Å². The van der Waals surface area contributed by atoms with Crippen molar-refractivity contribution >= 4 is 52.0 Å². The Balaban J connectivity index is 0.000000165. The fraction of sp³-hybridized carbons (Fsp3) is 0.125. The zero-order chi connectivity index (χ0) is 28.9. The molecule has 1 N–H and O–H groups in total. The number of nitrogens with zero attached hydrogens (tertiary/aromatic N) is 5. The average Bonchev–Trinajstić information content (AvgIpc) is 3.20. The fourth-order valence-electron chi connectivity index (χ4n) is 4.65. The highest BCUT2D eigenvalue weighted by atomic mass is 35.5. The van der Waals surface area contributed by atoms with Crippen LogP contribution in [0.5, 0.6) is 0 Å². The number of benzene rings is 4. The van der Waals surface area contributed by atoms with Gasteiger partial charge in [-0.25, -0.2) is 10.1 Å². The van der Waals surface area contributed by atoms with Gasteiger partial charge in [0.15, 0.2) is 0 Å². The Hall–Kier alpha value is -4.30. The molecule has 0 aliphatic carbocycles. The lowest BCUT2D eigenvalue weighted by Gasteiger charge is -2.19. The minimum Gasteiger partial charge on any atom is -0.313 e. The van der Waals surface area contributed by atoms with Crippen molar-refractivity contribution < 1.29 is 10.0 Å². The van der Waals surface area contributed by atoms with Gasteiger partial charge in [0, 0.05) is 46.0 Å². The predicted molar refractivity (Wildman–Crippen MR) is 165 cm³/mol. The van der Waals surface area contributed by atoms with E-state index in [1.807, 2.05) is 84.9 Å². The maximum Gasteiger partial charge on any atom is 0.248 e. The van der Waals surface area contributed by atoms with Gasteiger partial charge in [-0.3, -0.25) is 20.0 Å². The van der Waals surface area contributed by atoms with Gasteiger partial charge in [-0.1, -0.05) is 83.9 Å². The molecule has 206 valence electrons. The first kappa shape index (κ1) is 28.2. The first-order chi connectivity index (χ1) is 19.9. The number of benzodiazepines with no additional fused rings is 1. The van der Waals surface area contributed by atoms with Gasteiger partial charge in [-0.2, -0.15) is 0 Å². The molecule has 1 amide bonds. The second kappa shape index (κ2) is 12.5. The highest BCUT2D eigenvalue weighted by Gasteiger charge is 2.22. The Labute approximate surface area is 248 Å². The van der Waals surface area contributed by atoms with E-state index >= 15 is 0 Å². The van der Waals surface area contributed by atoms with E-state index in [-0.39, 0.29) is 19.0 Å². The first-order valence-electron chi connectivity index (χ1n) is 12.9. The van der Waals surface area contributed by atoms with Crippen molar-refractivity contribution in [1.82, 2.24) is 5.06 Å². The van der Waals surface area contributed by atoms with Gasteiger partial charge in [0.2, 0.25) is 5.91 Å². The Morgan fingerprint density at radius 3 is 2.17 bits per heavy atom. The van der Waals surface area contributed by atoms with Crippen molar-refractivity contribution in [3.05, 3.63) is 134 Å². The van der Waals surface area contributed by atoms with Crippen LogP contribution >= 0.6 is 23.2 Å². The summed E-state index contributed by atoms with van der Waals surface area (Å²) in [4.78, 5) is 26.7. The fourth-order valence-corrected chi connectivity index (χ4v) is 4.99. The van der Waals surface area contributed by atoms with Gasteiger partial charge in [0.25, 0.3) is 0 Å². The number of fused-ring (bicyclic) bond motifs is 2. The van der Waals surface area contributed by atoms with Gasteiger partial charge in [-0.05, 0) is 36.4 Å². The molecule has 4 aromatic carbocycles. The zero-order valence-electron chi connectivity index (χ0n) is 22.5. The summed E-state index contributed by atoms with van der Waals surface area (Å²) >= 11 is 12.2. The highest BCUT2D eigenvalue weighted by Crippen LogP contribution is 2.28. The molecule has 9 heteroatoms. The normalized spacial score (nSPS) is 15.5. The molecule has 2 aliphatic heterocycles. The molecule has 0 saturated carbocycles. The van der Waals surface area contributed by atoms with Crippen LogP contribution < -0.4 is 15.5 Å². The third-order valence-electron chi connectivity index (χ3n) is 6.69. The maximum absolute atomic E-state index is 12.0. The molecule has 2 heterocycles. The SMILES string of the molecule is CN1C(=O)CN=C(c2ccccc2)c2cc(Cl)ccc21.CN=C1CN(O)C(c2ccccc2)=c2cc(Cl)ccc2=N1. The topological polar surface area (TPSA) is 80.9 Å². The Kier molecular flexibility index (Phi) is 8.59. The smallest absolute Gasteiger partial charge is 0.248 e. The molecule has 0 radical (unpaired) electrons. The third kappa shape index (κ3) is 6.23. The van der Waals surface area contributed by atoms with Crippen LogP contribution in [0, 0.1) is 0 Å². The van der Waals surface area contributed by atoms with E-state index in [9.17, 15) is 10.0 Å². The summed E-state index contributed by atoms with van der Waals surface area (Å²) in [7, 11) is 3.42. The zero-order valence-corrected chi connectivity index (χ0v) is 24.0. The number of likely N-dealkylation sites (N-methyl/N-ethyl adjacent to an activating group) is 1. The van der Waals surface area contributed by atoms with Crippen LogP contribution in [0.25, 0.3) is 5.70 Å². The molecule has 41 heavy (non-hydrogen) atoms. The van der Waals surface area contributed by atoms with E-state index in [0.29, 0.717) is 21.6 Å². The van der Waals surface area contributed by atoms with E-state index in [1.54, 1.807) is 31.1 Å². The summed E-state index contributed by atoms with van der Waals surface area (Å²) < 4.78 is 0. The predicted octanol–water partition coefficient (Wildman–Crippen LogP) is 5.00. The molecule has 2 aliphatic rings. The number of rotatable bonds is 2. The molecule has 0 fully saturated rings. The number of halogens is 2. The average molecular weight is 585 g/mol. The van der Waals surface area contributed by atoms with Crippen LogP contribution in [0.3, 0.4) is 0 Å². The molecule has 0 unspecified atom stereocenters. The monoisotopic (exact) mass is 583 g/mol. The van der Waals surface area contributed by atoms with Crippen molar-refractivity contribution in [3.63, 3.8) is 0 Å². The number of amidine groups is 1. The number of hydrogen-bond acceptors (Lipinski definition) is 5. The molecule has 4 aromatic rings. The maximum atomic E-state index is 12.0. The Morgan fingerprint density at radius 1 is 0.854 bits per heavy atom. The van der Waals surface area contributed by atoms with E-state index in [4.69, 9.17) is 23.2 Å². The van der Waals surface area contributed by atoms with Crippen LogP contribution in [-0.4, -0.2) is 54.9 Å². The van der Waals surface area contributed by atoms with E-state index < -0.39 is 0 Å². The number of hydroxylamine groups is 2. The molecular formula is C32H27Cl2N5O2. The quantitative estimate of drug-likeness (QED) is 0.360. The van der Waals surface area contributed by atoms with Crippen molar-refractivity contribution in [2.75, 3.05) is 32.1 Å². The highest BCUT2D eigenvalue weighted by molar-refractivity contribution is 6.32. The lowest BCUT2D eigenvalue weighted by atomic mass is 10.0. The largest absolute Gasteiger partial charge is 0.313 e. The number of amides is 1. The van der Waals surface area contributed by atoms with Crippen molar-refractivity contribution in [2.24, 2.45) is 15.0 Å². The Morgan fingerprint density at radius 2 is 1.49 bits per heavy atom. The number of aliphatic imine (C=N–C) groups is 2. The molecule has 0 atom stereocenters. The minimum absolute atomic E-state index is 0.0282. The number of carbonyl (C=O) groups excluding carboxylic acids is 1. The number of carbonyl (C=O) groups is 1. The second-order valence-electron chi connectivity index (χ2n) is 9.33. The van der Waals surface area contributed by atoms with Gasteiger partial charge in [0.05, 0.1) is 22.5 Å². The lowest BCUT2D eigenvalue weighted by molar-refractivity contribution is -0.116. The summed E-state index contributed by atoms with van der Waals surface area (Å²) in [5.74, 6) is 0.534. The number of hydrogen-bond donors (Lipinski definition) is 1. The van der Waals surface area contributed by atoms with Crippen LogP contribution in [0.2, 0.25) is 10.0 Å². The number of anilines is 1. The molecule has 6 rings (SSSR count). The lowest BCUT2D eigenvalue weighted by Crippen LogP contribution is -2.31. The van der Waals surface area contributed by atoms with Crippen LogP contribution in [0.1, 0.15) is 16.7 Å². The summed E-state index contributed by atoms with van der Waals surface area (Å²) in [5, 5.41) is 14.4. The van der Waals surface area contributed by atoms with E-state index in [2.05, 4.69) is 15.0 Å². The first-order valence-corrected chi connectivity index (χ1v) is 13.6. The summed E-state index contributed by atoms with van der Waals surface area (Å²) in [5.41, 5.74) is 5.09. The second-order valence-corrected chi connectivity index (χ2v) is 10.2. The van der Waals surface area contributed by atoms with Crippen LogP contribution in [0.15, 0.2) is 112 Å². The standard InChI is InChI=1S/C16H14ClN3O.C16H13ClN2O/c1-18-15-10-20(21)16(11-5-3-2-4-6-11)13-9-12(17)7-8-14(13)19-15;1-19-14-8-7-12(17)9-13(14)16(18-10-15(19)20)11-5-3-2-4-6-11/h2-9,21H,10H2,1H3;2-9H,10H2,1H3. The summed E-state index contributed by atoms with van der Waals surface area (Å²) in [6.45, 7) is 0.375. The van der Waals surface area contributed by atoms with Gasteiger partial charge in [-0.15, -0.1) is 0 Å². The summed E-state index contributed by atoms with van der Waals surface area (Å²) in [6.07, 6.45) is 0. The van der Waals surface area contributed by atoms with Gasteiger partial charge in [0.1, 0.15) is 18.9 Å². The Bertz CT molecular complexity index is 1770. The van der Waals surface area contributed by atoms with Gasteiger partial charge < -0.3 is 4.90 Å². The molecule has 0 aromatic heterocycles. The molecule has 0 bridgehead atoms. The van der Waals surface area contributed by atoms with Crippen molar-refractivity contribution in [2.45, 2.75) is 0 Å². The molecular weight excluding hydrogens is 557 g/mol. The molecule has 0 saturated heterocycles. The summed E-state index contributed by atoms with van der Waals surface area (Å²) in [6, 6.07) is 30.5.